The number of hydrogen-bond donors (Lipinski definition) is 2. The number of nitrogens with zero attached hydrogens (tertiary/aromatic N) is 1. The van der Waals surface area contributed by atoms with E-state index in [9.17, 15) is 9.59 Å². The monoisotopic (exact) mass is 424 g/mol. The fourth-order valence-corrected chi connectivity index (χ4v) is 3.37. The standard InChI is InChI=1S/C24H30N3O4/c28-23(25-12-7-13-27-14-16-30-17-15-27)22(18-20-8-3-1-4-9-20)26-24(29)31-19-21-10-5-2-6-11-21/h2-6,8-11,22H,7,12-19H2,(H,25,28)(H,26,29). The third-order valence-electron chi connectivity index (χ3n) is 5.10. The van der Waals surface area contributed by atoms with Crippen molar-refractivity contribution in [2.24, 2.45) is 0 Å². The van der Waals surface area contributed by atoms with Crippen LogP contribution < -0.4 is 10.6 Å². The number of alkyl carbamates (subject to hydrolysis) is 1. The van der Waals surface area contributed by atoms with Gasteiger partial charge in [0.15, 0.2) is 0 Å². The largest absolute Gasteiger partial charge is 0.445 e. The molecule has 1 unspecified atom stereocenters. The van der Waals surface area contributed by atoms with Crippen LogP contribution in [0.3, 0.4) is 0 Å². The lowest BCUT2D eigenvalue weighted by molar-refractivity contribution is -0.123. The van der Waals surface area contributed by atoms with Gasteiger partial charge in [0.05, 0.1) is 13.2 Å². The highest BCUT2D eigenvalue weighted by Gasteiger charge is 2.22. The quantitative estimate of drug-likeness (QED) is 0.572. The van der Waals surface area contributed by atoms with Crippen LogP contribution in [0.1, 0.15) is 17.5 Å². The molecule has 1 radical (unpaired) electrons. The fourth-order valence-electron chi connectivity index (χ4n) is 3.37. The van der Waals surface area contributed by atoms with E-state index in [1.807, 2.05) is 42.5 Å². The molecule has 3 rings (SSSR count). The van der Waals surface area contributed by atoms with Gasteiger partial charge in [0.25, 0.3) is 0 Å². The van der Waals surface area contributed by atoms with Crippen LogP contribution in [0.25, 0.3) is 0 Å². The second-order valence-electron chi connectivity index (χ2n) is 7.47. The van der Waals surface area contributed by atoms with Crippen molar-refractivity contribution in [1.82, 2.24) is 15.5 Å². The number of nitrogens with one attached hydrogen (secondary N) is 2. The van der Waals surface area contributed by atoms with Gasteiger partial charge in [0, 0.05) is 26.1 Å². The van der Waals surface area contributed by atoms with Crippen LogP contribution in [0, 0.1) is 6.07 Å². The van der Waals surface area contributed by atoms with Gasteiger partial charge in [-0.15, -0.1) is 0 Å². The lowest BCUT2D eigenvalue weighted by Crippen LogP contribution is -2.48. The zero-order valence-electron chi connectivity index (χ0n) is 17.7. The van der Waals surface area contributed by atoms with Crippen LogP contribution in [0.15, 0.2) is 54.6 Å². The van der Waals surface area contributed by atoms with Crippen LogP contribution >= 0.6 is 0 Å². The molecule has 0 spiro atoms. The van der Waals surface area contributed by atoms with Crippen LogP contribution in [0.5, 0.6) is 0 Å². The lowest BCUT2D eigenvalue weighted by atomic mass is 10.1. The Balaban J connectivity index is 1.48. The molecule has 1 aliphatic heterocycles. The van der Waals surface area contributed by atoms with Crippen molar-refractivity contribution in [2.45, 2.75) is 25.5 Å². The second kappa shape index (κ2) is 12.7. The Morgan fingerprint density at radius 3 is 2.55 bits per heavy atom. The average molecular weight is 425 g/mol. The molecule has 2 amide bonds. The fraction of sp³-hybridized carbons (Fsp3) is 0.417. The minimum absolute atomic E-state index is 0.154. The van der Waals surface area contributed by atoms with Crippen molar-refractivity contribution < 1.29 is 19.1 Å². The normalized spacial score (nSPS) is 15.1. The lowest BCUT2D eigenvalue weighted by Gasteiger charge is -2.26. The van der Waals surface area contributed by atoms with Crippen LogP contribution in [0.4, 0.5) is 4.79 Å². The highest BCUT2D eigenvalue weighted by molar-refractivity contribution is 5.85. The molecule has 7 nitrogen and oxygen atoms in total. The Labute approximate surface area is 183 Å². The highest BCUT2D eigenvalue weighted by Crippen LogP contribution is 2.05. The Kier molecular flexibility index (Phi) is 9.34. The topological polar surface area (TPSA) is 79.9 Å². The molecule has 1 fully saturated rings. The third-order valence-corrected chi connectivity index (χ3v) is 5.10. The molecule has 2 aromatic carbocycles. The molecule has 1 atom stereocenters. The first-order valence-corrected chi connectivity index (χ1v) is 10.7. The summed E-state index contributed by atoms with van der Waals surface area (Å²) in [6.45, 7) is 4.99. The van der Waals surface area contributed by atoms with E-state index in [4.69, 9.17) is 9.47 Å². The minimum atomic E-state index is -0.714. The van der Waals surface area contributed by atoms with Gasteiger partial charge in [-0.1, -0.05) is 54.6 Å². The number of ether oxygens (including phenoxy) is 2. The van der Waals surface area contributed by atoms with E-state index in [2.05, 4.69) is 21.6 Å². The second-order valence-corrected chi connectivity index (χ2v) is 7.47. The third kappa shape index (κ3) is 8.39. The molecule has 7 heteroatoms. The van der Waals surface area contributed by atoms with Gasteiger partial charge in [-0.05, 0) is 30.2 Å². The summed E-state index contributed by atoms with van der Waals surface area (Å²) in [5.41, 5.74) is 1.83. The van der Waals surface area contributed by atoms with Crippen LogP contribution in [0.2, 0.25) is 0 Å². The van der Waals surface area contributed by atoms with Crippen molar-refractivity contribution in [3.63, 3.8) is 0 Å². The summed E-state index contributed by atoms with van der Waals surface area (Å²) in [5, 5.41) is 5.66. The first kappa shape index (κ1) is 22.8. The van der Waals surface area contributed by atoms with Crippen molar-refractivity contribution in [3.05, 3.63) is 71.8 Å². The molecule has 1 heterocycles. The van der Waals surface area contributed by atoms with E-state index >= 15 is 0 Å². The van der Waals surface area contributed by atoms with Crippen molar-refractivity contribution >= 4 is 12.0 Å². The summed E-state index contributed by atoms with van der Waals surface area (Å²) >= 11 is 0. The summed E-state index contributed by atoms with van der Waals surface area (Å²) in [6, 6.07) is 19.0. The zero-order valence-corrected chi connectivity index (χ0v) is 17.7. The van der Waals surface area contributed by atoms with Crippen molar-refractivity contribution in [1.29, 1.82) is 0 Å². The van der Waals surface area contributed by atoms with E-state index in [0.29, 0.717) is 13.0 Å². The maximum Gasteiger partial charge on any atom is 0.408 e. The molecule has 2 N–H and O–H groups in total. The maximum atomic E-state index is 12.8. The number of carbonyl (C=O) groups excluding carboxylic acids is 2. The van der Waals surface area contributed by atoms with Crippen LogP contribution in [-0.2, 0) is 27.3 Å². The molecule has 0 aliphatic carbocycles. The predicted molar refractivity (Wildman–Crippen MR) is 117 cm³/mol. The molecule has 0 saturated carbocycles. The Morgan fingerprint density at radius 1 is 1.06 bits per heavy atom. The summed E-state index contributed by atoms with van der Waals surface area (Å²) in [4.78, 5) is 27.4. The first-order chi connectivity index (χ1) is 15.2. The van der Waals surface area contributed by atoms with E-state index in [1.54, 1.807) is 12.1 Å². The van der Waals surface area contributed by atoms with Gasteiger partial charge in [-0.3, -0.25) is 9.69 Å². The van der Waals surface area contributed by atoms with E-state index < -0.39 is 12.1 Å². The number of morpholine rings is 1. The van der Waals surface area contributed by atoms with E-state index in [0.717, 1.165) is 50.4 Å². The summed E-state index contributed by atoms with van der Waals surface area (Å²) < 4.78 is 10.6. The summed E-state index contributed by atoms with van der Waals surface area (Å²) in [6.07, 6.45) is 0.613. The molecule has 2 aromatic rings. The molecule has 1 saturated heterocycles. The molecule has 165 valence electrons. The molecule has 31 heavy (non-hydrogen) atoms. The summed E-state index contributed by atoms with van der Waals surface area (Å²) in [5.74, 6) is -0.216. The molecule has 0 aromatic heterocycles. The maximum absolute atomic E-state index is 12.8. The predicted octanol–water partition coefficient (Wildman–Crippen LogP) is 2.16. The molecular weight excluding hydrogens is 394 g/mol. The molecule has 0 bridgehead atoms. The number of amides is 2. The number of hydrogen-bond acceptors (Lipinski definition) is 5. The Bertz CT molecular complexity index is 795. The first-order valence-electron chi connectivity index (χ1n) is 10.7. The summed E-state index contributed by atoms with van der Waals surface area (Å²) in [7, 11) is 0. The van der Waals surface area contributed by atoms with Gasteiger partial charge in [0.1, 0.15) is 12.6 Å². The van der Waals surface area contributed by atoms with Gasteiger partial charge < -0.3 is 20.1 Å². The SMILES string of the molecule is O=C(NC(Cc1cc[c]cc1)C(=O)NCCCN1CCOCC1)OCc1ccccc1. The van der Waals surface area contributed by atoms with Gasteiger partial charge >= 0.3 is 6.09 Å². The molecular formula is C24H30N3O4. The van der Waals surface area contributed by atoms with Gasteiger partial charge in [-0.2, -0.15) is 0 Å². The highest BCUT2D eigenvalue weighted by atomic mass is 16.5. The van der Waals surface area contributed by atoms with Crippen molar-refractivity contribution in [3.8, 4) is 0 Å². The Hall–Kier alpha value is -2.90. The number of carbonyl (C=O) groups is 2. The van der Waals surface area contributed by atoms with E-state index in [1.165, 1.54) is 0 Å². The van der Waals surface area contributed by atoms with Gasteiger partial charge in [-0.25, -0.2) is 4.79 Å². The van der Waals surface area contributed by atoms with E-state index in [-0.39, 0.29) is 12.5 Å². The number of rotatable bonds is 10. The Morgan fingerprint density at radius 2 is 1.81 bits per heavy atom. The smallest absolute Gasteiger partial charge is 0.408 e. The van der Waals surface area contributed by atoms with Gasteiger partial charge in [0.2, 0.25) is 5.91 Å². The zero-order chi connectivity index (χ0) is 21.7. The average Bonchev–Trinajstić information content (AvgIpc) is 2.82. The number of benzene rings is 2. The minimum Gasteiger partial charge on any atom is -0.445 e. The van der Waals surface area contributed by atoms with Crippen molar-refractivity contribution in [2.75, 3.05) is 39.4 Å². The molecule has 1 aliphatic rings. The van der Waals surface area contributed by atoms with Crippen LogP contribution in [-0.4, -0.2) is 62.3 Å².